The first-order chi connectivity index (χ1) is 9.01. The van der Waals surface area contributed by atoms with Gasteiger partial charge in [-0.1, -0.05) is 17.7 Å². The average molecular weight is 368 g/mol. The number of benzene rings is 2. The lowest BCUT2D eigenvalue weighted by atomic mass is 10.2. The topological polar surface area (TPSA) is 9.23 Å². The van der Waals surface area contributed by atoms with Gasteiger partial charge in [-0.2, -0.15) is 0 Å². The van der Waals surface area contributed by atoms with Crippen LogP contribution in [-0.2, 0) is 5.88 Å². The van der Waals surface area contributed by atoms with E-state index in [0.29, 0.717) is 10.0 Å². The molecule has 0 unspecified atom stereocenters. The van der Waals surface area contributed by atoms with Crippen molar-refractivity contribution < 1.29 is 13.5 Å². The van der Waals surface area contributed by atoms with Crippen molar-refractivity contribution in [1.29, 1.82) is 0 Å². The van der Waals surface area contributed by atoms with Crippen LogP contribution in [0.15, 0.2) is 34.8 Å². The fourth-order valence-electron chi connectivity index (χ4n) is 1.41. The van der Waals surface area contributed by atoms with Crippen LogP contribution in [0.25, 0.3) is 0 Å². The summed E-state index contributed by atoms with van der Waals surface area (Å²) in [5.74, 6) is -0.884. The fraction of sp³-hybridized carbons (Fsp3) is 0.0769. The number of hydrogen-bond donors (Lipinski definition) is 0. The van der Waals surface area contributed by atoms with Crippen molar-refractivity contribution in [3.8, 4) is 11.5 Å². The van der Waals surface area contributed by atoms with Crippen molar-refractivity contribution >= 4 is 39.1 Å². The van der Waals surface area contributed by atoms with E-state index < -0.39 is 11.6 Å². The minimum absolute atomic E-state index is 0.0173. The van der Waals surface area contributed by atoms with Gasteiger partial charge in [-0.05, 0) is 39.7 Å². The second-order valence-electron chi connectivity index (χ2n) is 3.70. The molecule has 0 saturated carbocycles. The van der Waals surface area contributed by atoms with E-state index in [1.807, 2.05) is 0 Å². The van der Waals surface area contributed by atoms with Crippen molar-refractivity contribution in [2.75, 3.05) is 0 Å². The molecule has 19 heavy (non-hydrogen) atoms. The molecular formula is C13H7BrCl2F2O. The van der Waals surface area contributed by atoms with Crippen LogP contribution in [0.2, 0.25) is 5.02 Å². The van der Waals surface area contributed by atoms with E-state index in [1.165, 1.54) is 18.2 Å². The molecule has 0 aliphatic rings. The summed E-state index contributed by atoms with van der Waals surface area (Å²) in [6, 6.07) is 6.76. The Morgan fingerprint density at radius 3 is 2.42 bits per heavy atom. The van der Waals surface area contributed by atoms with Gasteiger partial charge in [0.1, 0.15) is 11.6 Å². The standard InChI is InChI=1S/C13H7BrCl2F2O/c14-8-4-9(16)10(17)5-13(8)19-12-2-1-7(6-15)3-11(12)18/h1-5H,6H2. The maximum absolute atomic E-state index is 13.7. The van der Waals surface area contributed by atoms with E-state index in [1.54, 1.807) is 6.07 Å². The Morgan fingerprint density at radius 2 is 1.79 bits per heavy atom. The van der Waals surface area contributed by atoms with Gasteiger partial charge in [0.2, 0.25) is 0 Å². The van der Waals surface area contributed by atoms with E-state index in [4.69, 9.17) is 27.9 Å². The van der Waals surface area contributed by atoms with Gasteiger partial charge in [-0.15, -0.1) is 11.6 Å². The van der Waals surface area contributed by atoms with E-state index in [-0.39, 0.29) is 22.4 Å². The summed E-state index contributed by atoms with van der Waals surface area (Å²) in [6.07, 6.45) is 0. The molecule has 1 nitrogen and oxygen atoms in total. The van der Waals surface area contributed by atoms with Crippen molar-refractivity contribution in [1.82, 2.24) is 0 Å². The van der Waals surface area contributed by atoms with E-state index >= 15 is 0 Å². The first-order valence-corrected chi connectivity index (χ1v) is 6.88. The van der Waals surface area contributed by atoms with Crippen molar-refractivity contribution in [2.45, 2.75) is 5.88 Å². The maximum Gasteiger partial charge on any atom is 0.166 e. The third-order valence-corrected chi connectivity index (χ3v) is 3.56. The summed E-state index contributed by atoms with van der Waals surface area (Å²) >= 11 is 14.4. The number of halogens is 5. The first-order valence-electron chi connectivity index (χ1n) is 5.18. The summed E-state index contributed by atoms with van der Waals surface area (Å²) in [5, 5.41) is -0.0443. The highest BCUT2D eigenvalue weighted by molar-refractivity contribution is 9.10. The zero-order chi connectivity index (χ0) is 14.0. The van der Waals surface area contributed by atoms with Crippen LogP contribution < -0.4 is 4.74 Å². The number of hydrogen-bond acceptors (Lipinski definition) is 1. The lowest BCUT2D eigenvalue weighted by Gasteiger charge is -2.10. The Morgan fingerprint density at radius 1 is 1.05 bits per heavy atom. The summed E-state index contributed by atoms with van der Waals surface area (Å²) in [4.78, 5) is 0. The van der Waals surface area contributed by atoms with Crippen LogP contribution in [-0.4, -0.2) is 0 Å². The van der Waals surface area contributed by atoms with E-state index in [0.717, 1.165) is 6.07 Å². The van der Waals surface area contributed by atoms with Crippen LogP contribution in [0.4, 0.5) is 8.78 Å². The quantitative estimate of drug-likeness (QED) is 0.483. The highest BCUT2D eigenvalue weighted by Gasteiger charge is 2.11. The number of ether oxygens (including phenoxy) is 1. The SMILES string of the molecule is Fc1cc(Oc2ccc(CCl)cc2F)c(Br)cc1Cl. The Hall–Kier alpha value is -0.840. The van der Waals surface area contributed by atoms with Gasteiger partial charge in [0.25, 0.3) is 0 Å². The van der Waals surface area contributed by atoms with Gasteiger partial charge in [0, 0.05) is 11.9 Å². The van der Waals surface area contributed by atoms with Gasteiger partial charge >= 0.3 is 0 Å². The van der Waals surface area contributed by atoms with Crippen LogP contribution >= 0.6 is 39.1 Å². The van der Waals surface area contributed by atoms with Crippen LogP contribution in [0.5, 0.6) is 11.5 Å². The molecule has 0 fully saturated rings. The lowest BCUT2D eigenvalue weighted by Crippen LogP contribution is -1.92. The molecule has 2 aromatic rings. The van der Waals surface area contributed by atoms with Crippen molar-refractivity contribution in [3.05, 3.63) is 57.0 Å². The molecule has 6 heteroatoms. The molecule has 0 amide bonds. The van der Waals surface area contributed by atoms with E-state index in [9.17, 15) is 8.78 Å². The van der Waals surface area contributed by atoms with Crippen LogP contribution in [0.3, 0.4) is 0 Å². The Labute approximate surface area is 127 Å². The van der Waals surface area contributed by atoms with Crippen molar-refractivity contribution in [3.63, 3.8) is 0 Å². The minimum Gasteiger partial charge on any atom is -0.453 e. The first kappa shape index (κ1) is 14.6. The highest BCUT2D eigenvalue weighted by atomic mass is 79.9. The van der Waals surface area contributed by atoms with Crippen LogP contribution in [0, 0.1) is 11.6 Å². The second kappa shape index (κ2) is 6.07. The predicted molar refractivity (Wildman–Crippen MR) is 75.1 cm³/mol. The molecule has 0 heterocycles. The fourth-order valence-corrected chi connectivity index (χ4v) is 2.30. The predicted octanol–water partition coefficient (Wildman–Crippen LogP) is 5.91. The van der Waals surface area contributed by atoms with Crippen LogP contribution in [0.1, 0.15) is 5.56 Å². The number of rotatable bonds is 3. The number of alkyl halides is 1. The third kappa shape index (κ3) is 3.38. The van der Waals surface area contributed by atoms with Gasteiger partial charge in [-0.3, -0.25) is 0 Å². The normalized spacial score (nSPS) is 10.6. The molecule has 0 aromatic heterocycles. The lowest BCUT2D eigenvalue weighted by molar-refractivity contribution is 0.436. The molecule has 0 radical (unpaired) electrons. The molecule has 0 aliphatic carbocycles. The summed E-state index contributed by atoms with van der Waals surface area (Å²) < 4.78 is 32.8. The largest absolute Gasteiger partial charge is 0.453 e. The zero-order valence-electron chi connectivity index (χ0n) is 9.39. The molecule has 100 valence electrons. The average Bonchev–Trinajstić information content (AvgIpc) is 2.38. The molecule has 0 spiro atoms. The monoisotopic (exact) mass is 366 g/mol. The zero-order valence-corrected chi connectivity index (χ0v) is 12.5. The second-order valence-corrected chi connectivity index (χ2v) is 5.23. The van der Waals surface area contributed by atoms with Gasteiger partial charge in [-0.25, -0.2) is 8.78 Å². The molecule has 0 N–H and O–H groups in total. The summed E-state index contributed by atoms with van der Waals surface area (Å²) in [6.45, 7) is 0. The van der Waals surface area contributed by atoms with E-state index in [2.05, 4.69) is 15.9 Å². The van der Waals surface area contributed by atoms with Crippen molar-refractivity contribution in [2.24, 2.45) is 0 Å². The minimum atomic E-state index is -0.641. The molecule has 0 atom stereocenters. The van der Waals surface area contributed by atoms with Gasteiger partial charge in [0.05, 0.1) is 9.50 Å². The molecule has 2 rings (SSSR count). The highest BCUT2D eigenvalue weighted by Crippen LogP contribution is 2.34. The van der Waals surface area contributed by atoms with Gasteiger partial charge < -0.3 is 4.74 Å². The molecular weight excluding hydrogens is 361 g/mol. The Bertz CT molecular complexity index is 620. The Kier molecular flexibility index (Phi) is 4.66. The Balaban J connectivity index is 2.33. The van der Waals surface area contributed by atoms with Gasteiger partial charge in [0.15, 0.2) is 11.6 Å². The molecule has 2 aromatic carbocycles. The maximum atomic E-state index is 13.7. The molecule has 0 saturated heterocycles. The molecule has 0 aliphatic heterocycles. The summed E-state index contributed by atoms with van der Waals surface area (Å²) in [5.41, 5.74) is 0.632. The summed E-state index contributed by atoms with van der Waals surface area (Å²) in [7, 11) is 0. The molecule has 0 bridgehead atoms. The smallest absolute Gasteiger partial charge is 0.166 e. The third-order valence-electron chi connectivity index (χ3n) is 2.35.